The Morgan fingerprint density at radius 2 is 2.00 bits per heavy atom. The normalized spacial score (nSPS) is 18.1. The summed E-state index contributed by atoms with van der Waals surface area (Å²) >= 11 is 3.53. The summed E-state index contributed by atoms with van der Waals surface area (Å²) in [5.41, 5.74) is 3.47. The lowest BCUT2D eigenvalue weighted by Gasteiger charge is -2.32. The van der Waals surface area contributed by atoms with E-state index < -0.39 is 0 Å². The van der Waals surface area contributed by atoms with E-state index in [1.165, 1.54) is 11.1 Å². The highest BCUT2D eigenvalue weighted by Crippen LogP contribution is 2.22. The molecule has 0 radical (unpaired) electrons. The van der Waals surface area contributed by atoms with Gasteiger partial charge >= 0.3 is 0 Å². The van der Waals surface area contributed by atoms with Crippen molar-refractivity contribution in [1.82, 2.24) is 4.90 Å². The van der Waals surface area contributed by atoms with E-state index in [4.69, 9.17) is 0 Å². The van der Waals surface area contributed by atoms with Gasteiger partial charge in [0.05, 0.1) is 5.92 Å². The second kappa shape index (κ2) is 8.83. The Kier molecular flexibility index (Phi) is 6.49. The van der Waals surface area contributed by atoms with E-state index in [-0.39, 0.29) is 11.8 Å². The van der Waals surface area contributed by atoms with Crippen molar-refractivity contribution in [2.24, 2.45) is 5.92 Å². The number of carbonyl (C=O) groups is 1. The van der Waals surface area contributed by atoms with Crippen molar-refractivity contribution in [2.45, 2.75) is 39.2 Å². The largest absolute Gasteiger partial charge is 0.326 e. The fourth-order valence-electron chi connectivity index (χ4n) is 3.50. The van der Waals surface area contributed by atoms with E-state index >= 15 is 0 Å². The van der Waals surface area contributed by atoms with Crippen molar-refractivity contribution in [3.8, 4) is 0 Å². The van der Waals surface area contributed by atoms with Crippen LogP contribution in [0.25, 0.3) is 0 Å². The standard InChI is InChI=1S/C22H27BrN2O/c1-16(2)18-8-10-21(11-9-18)24-22(26)19-6-4-12-25(15-19)14-17-5-3-7-20(23)13-17/h3,5,7-11,13,16,19H,4,6,12,14-15H2,1-2H3,(H,24,26). The van der Waals surface area contributed by atoms with Crippen molar-refractivity contribution in [1.29, 1.82) is 0 Å². The van der Waals surface area contributed by atoms with E-state index in [1.54, 1.807) is 0 Å². The monoisotopic (exact) mass is 414 g/mol. The van der Waals surface area contributed by atoms with Crippen LogP contribution in [0.3, 0.4) is 0 Å². The third-order valence-corrected chi connectivity index (χ3v) is 5.51. The predicted octanol–water partition coefficient (Wildman–Crippen LogP) is 5.42. The number of piperidine rings is 1. The van der Waals surface area contributed by atoms with Gasteiger partial charge in [0.1, 0.15) is 0 Å². The molecule has 2 aromatic rings. The van der Waals surface area contributed by atoms with E-state index in [0.717, 1.165) is 42.6 Å². The number of carbonyl (C=O) groups excluding carboxylic acids is 1. The first kappa shape index (κ1) is 19.1. The maximum atomic E-state index is 12.7. The van der Waals surface area contributed by atoms with Gasteiger partial charge < -0.3 is 5.32 Å². The number of nitrogens with zero attached hydrogens (tertiary/aromatic N) is 1. The number of likely N-dealkylation sites (tertiary alicyclic amines) is 1. The van der Waals surface area contributed by atoms with Gasteiger partial charge in [-0.1, -0.05) is 54.0 Å². The second-order valence-electron chi connectivity index (χ2n) is 7.47. The molecule has 26 heavy (non-hydrogen) atoms. The lowest BCUT2D eigenvalue weighted by atomic mass is 9.96. The average molecular weight is 415 g/mol. The minimum atomic E-state index is 0.0562. The van der Waals surface area contributed by atoms with Gasteiger partial charge in [-0.15, -0.1) is 0 Å². The molecular weight excluding hydrogens is 388 g/mol. The Morgan fingerprint density at radius 3 is 2.69 bits per heavy atom. The fourth-order valence-corrected chi connectivity index (χ4v) is 3.95. The third-order valence-electron chi connectivity index (χ3n) is 5.02. The van der Waals surface area contributed by atoms with E-state index in [1.807, 2.05) is 18.2 Å². The second-order valence-corrected chi connectivity index (χ2v) is 8.39. The Hall–Kier alpha value is -1.65. The van der Waals surface area contributed by atoms with E-state index in [0.29, 0.717) is 5.92 Å². The molecule has 1 unspecified atom stereocenters. The average Bonchev–Trinajstić information content (AvgIpc) is 2.62. The van der Waals surface area contributed by atoms with Gasteiger partial charge in [-0.25, -0.2) is 0 Å². The summed E-state index contributed by atoms with van der Waals surface area (Å²) in [6.45, 7) is 7.12. The summed E-state index contributed by atoms with van der Waals surface area (Å²) in [7, 11) is 0. The first-order valence-corrected chi connectivity index (χ1v) is 10.2. The van der Waals surface area contributed by atoms with Gasteiger partial charge in [-0.2, -0.15) is 0 Å². The molecule has 138 valence electrons. The summed E-state index contributed by atoms with van der Waals surface area (Å²) < 4.78 is 1.10. The van der Waals surface area contributed by atoms with Gasteiger partial charge in [0.25, 0.3) is 0 Å². The van der Waals surface area contributed by atoms with Crippen molar-refractivity contribution in [2.75, 3.05) is 18.4 Å². The van der Waals surface area contributed by atoms with Crippen LogP contribution >= 0.6 is 15.9 Å². The summed E-state index contributed by atoms with van der Waals surface area (Å²) in [4.78, 5) is 15.1. The highest BCUT2D eigenvalue weighted by atomic mass is 79.9. The van der Waals surface area contributed by atoms with Crippen LogP contribution in [0.15, 0.2) is 53.0 Å². The van der Waals surface area contributed by atoms with Gasteiger partial charge in [0.15, 0.2) is 0 Å². The highest BCUT2D eigenvalue weighted by molar-refractivity contribution is 9.10. The minimum Gasteiger partial charge on any atom is -0.326 e. The molecule has 0 saturated carbocycles. The van der Waals surface area contributed by atoms with E-state index in [9.17, 15) is 4.79 Å². The van der Waals surface area contributed by atoms with Gasteiger partial charge in [-0.05, 0) is 60.7 Å². The minimum absolute atomic E-state index is 0.0562. The van der Waals surface area contributed by atoms with E-state index in [2.05, 4.69) is 70.3 Å². The number of halogens is 1. The number of benzene rings is 2. The van der Waals surface area contributed by atoms with Crippen molar-refractivity contribution in [3.63, 3.8) is 0 Å². The SMILES string of the molecule is CC(C)c1ccc(NC(=O)C2CCCN(Cc3cccc(Br)c3)C2)cc1. The number of nitrogens with one attached hydrogen (secondary N) is 1. The highest BCUT2D eigenvalue weighted by Gasteiger charge is 2.25. The molecule has 1 aliphatic rings. The zero-order chi connectivity index (χ0) is 18.5. The Labute approximate surface area is 164 Å². The smallest absolute Gasteiger partial charge is 0.228 e. The zero-order valence-corrected chi connectivity index (χ0v) is 17.1. The molecule has 0 aliphatic carbocycles. The zero-order valence-electron chi connectivity index (χ0n) is 15.5. The number of anilines is 1. The molecule has 0 spiro atoms. The molecule has 1 heterocycles. The Bertz CT molecular complexity index is 742. The van der Waals surface area contributed by atoms with Crippen molar-refractivity contribution >= 4 is 27.5 Å². The summed E-state index contributed by atoms with van der Waals surface area (Å²) in [6, 6.07) is 16.6. The van der Waals surface area contributed by atoms with Crippen molar-refractivity contribution in [3.05, 3.63) is 64.1 Å². The maximum Gasteiger partial charge on any atom is 0.228 e. The molecule has 1 saturated heterocycles. The summed E-state index contributed by atoms with van der Waals surface area (Å²) in [5.74, 6) is 0.701. The fraction of sp³-hybridized carbons (Fsp3) is 0.409. The third kappa shape index (κ3) is 5.18. The maximum absolute atomic E-state index is 12.7. The van der Waals surface area contributed by atoms with Crippen LogP contribution < -0.4 is 5.32 Å². The van der Waals surface area contributed by atoms with Crippen LogP contribution in [0.1, 0.15) is 43.7 Å². The first-order valence-electron chi connectivity index (χ1n) is 9.39. The molecule has 1 atom stereocenters. The number of hydrogen-bond acceptors (Lipinski definition) is 2. The molecule has 1 fully saturated rings. The van der Waals surface area contributed by atoms with Crippen LogP contribution in [0.5, 0.6) is 0 Å². The van der Waals surface area contributed by atoms with Crippen molar-refractivity contribution < 1.29 is 4.79 Å². The molecule has 1 aliphatic heterocycles. The van der Waals surface area contributed by atoms with Crippen LogP contribution in [-0.2, 0) is 11.3 Å². The molecule has 1 amide bonds. The molecular formula is C22H27BrN2O. The van der Waals surface area contributed by atoms with Crippen LogP contribution in [0.4, 0.5) is 5.69 Å². The Balaban J connectivity index is 1.57. The lowest BCUT2D eigenvalue weighted by Crippen LogP contribution is -2.40. The quantitative estimate of drug-likeness (QED) is 0.707. The van der Waals surface area contributed by atoms with Crippen LogP contribution in [0.2, 0.25) is 0 Å². The molecule has 0 aromatic heterocycles. The summed E-state index contributed by atoms with van der Waals surface area (Å²) in [5, 5.41) is 3.10. The first-order chi connectivity index (χ1) is 12.5. The molecule has 1 N–H and O–H groups in total. The molecule has 0 bridgehead atoms. The topological polar surface area (TPSA) is 32.3 Å². The Morgan fingerprint density at radius 1 is 1.23 bits per heavy atom. The van der Waals surface area contributed by atoms with Gasteiger partial charge in [0.2, 0.25) is 5.91 Å². The molecule has 4 heteroatoms. The number of rotatable bonds is 5. The summed E-state index contributed by atoms with van der Waals surface area (Å²) in [6.07, 6.45) is 2.03. The lowest BCUT2D eigenvalue weighted by molar-refractivity contribution is -0.121. The van der Waals surface area contributed by atoms with Crippen LogP contribution in [0, 0.1) is 5.92 Å². The van der Waals surface area contributed by atoms with Gasteiger partial charge in [-0.3, -0.25) is 9.69 Å². The predicted molar refractivity (Wildman–Crippen MR) is 111 cm³/mol. The van der Waals surface area contributed by atoms with Gasteiger partial charge in [0, 0.05) is 23.2 Å². The molecule has 3 nitrogen and oxygen atoms in total. The molecule has 2 aromatic carbocycles. The molecule has 3 rings (SSSR count). The number of amides is 1. The van der Waals surface area contributed by atoms with Crippen LogP contribution in [-0.4, -0.2) is 23.9 Å². The number of hydrogen-bond donors (Lipinski definition) is 1.